The smallest absolute Gasteiger partial charge is 0.338 e. The van der Waals surface area contributed by atoms with E-state index in [1.54, 1.807) is 47.1 Å². The minimum atomic E-state index is -0.472. The van der Waals surface area contributed by atoms with Crippen molar-refractivity contribution in [1.29, 1.82) is 0 Å². The SMILES string of the molecule is COC(=O)c1cc(NC(=O)CNC(=O)c2cc3sccc3n2C)ccc1C. The molecule has 0 aliphatic rings. The molecule has 0 bridgehead atoms. The van der Waals surface area contributed by atoms with E-state index in [-0.39, 0.29) is 18.4 Å². The number of hydrogen-bond acceptors (Lipinski definition) is 5. The number of carbonyl (C=O) groups excluding carboxylic acids is 3. The van der Waals surface area contributed by atoms with Crippen LogP contribution in [0, 0.1) is 6.92 Å². The van der Waals surface area contributed by atoms with Crippen LogP contribution < -0.4 is 10.6 Å². The molecule has 2 amide bonds. The Morgan fingerprint density at radius 1 is 1.19 bits per heavy atom. The van der Waals surface area contributed by atoms with Crippen LogP contribution in [-0.2, 0) is 16.6 Å². The van der Waals surface area contributed by atoms with Crippen molar-refractivity contribution >= 4 is 45.0 Å². The van der Waals surface area contributed by atoms with Crippen molar-refractivity contribution in [1.82, 2.24) is 9.88 Å². The molecule has 3 aromatic rings. The Labute approximate surface area is 159 Å². The number of fused-ring (bicyclic) bond motifs is 1. The number of carbonyl (C=O) groups is 3. The monoisotopic (exact) mass is 385 g/mol. The molecule has 0 saturated carbocycles. The topological polar surface area (TPSA) is 89.4 Å². The van der Waals surface area contributed by atoms with Crippen LogP contribution in [-0.4, -0.2) is 36.0 Å². The van der Waals surface area contributed by atoms with E-state index in [1.165, 1.54) is 7.11 Å². The maximum atomic E-state index is 12.3. The van der Waals surface area contributed by atoms with Crippen molar-refractivity contribution in [2.24, 2.45) is 7.05 Å². The number of ether oxygens (including phenoxy) is 1. The molecular formula is C19H19N3O4S. The number of nitrogens with zero attached hydrogens (tertiary/aromatic N) is 1. The Morgan fingerprint density at radius 2 is 1.96 bits per heavy atom. The molecule has 0 aliphatic heterocycles. The maximum Gasteiger partial charge on any atom is 0.338 e. The van der Waals surface area contributed by atoms with Crippen LogP contribution in [0.5, 0.6) is 0 Å². The molecule has 2 heterocycles. The van der Waals surface area contributed by atoms with Gasteiger partial charge >= 0.3 is 5.97 Å². The molecule has 0 saturated heterocycles. The molecule has 1 aromatic carbocycles. The van der Waals surface area contributed by atoms with E-state index in [0.717, 1.165) is 15.8 Å². The zero-order chi connectivity index (χ0) is 19.6. The summed E-state index contributed by atoms with van der Waals surface area (Å²) in [5, 5.41) is 7.24. The van der Waals surface area contributed by atoms with Crippen LogP contribution in [0.15, 0.2) is 35.7 Å². The zero-order valence-corrected chi connectivity index (χ0v) is 16.0. The summed E-state index contributed by atoms with van der Waals surface area (Å²) in [6.45, 7) is 1.60. The van der Waals surface area contributed by atoms with Gasteiger partial charge in [-0.2, -0.15) is 0 Å². The number of aromatic nitrogens is 1. The first-order valence-electron chi connectivity index (χ1n) is 8.20. The summed E-state index contributed by atoms with van der Waals surface area (Å²) < 4.78 is 7.53. The standard InChI is InChI=1S/C19H19N3O4S/c1-11-4-5-12(8-13(11)19(25)26-3)21-17(23)10-20-18(24)15-9-16-14(22(15)2)6-7-27-16/h4-9H,10H2,1-3H3,(H,20,24)(H,21,23). The molecule has 0 aliphatic carbocycles. The van der Waals surface area contributed by atoms with Gasteiger partial charge in [0.25, 0.3) is 5.91 Å². The van der Waals surface area contributed by atoms with Crippen LogP contribution in [0.3, 0.4) is 0 Å². The lowest BCUT2D eigenvalue weighted by Crippen LogP contribution is -2.33. The molecule has 27 heavy (non-hydrogen) atoms. The number of methoxy groups -OCH3 is 1. The van der Waals surface area contributed by atoms with Crippen molar-refractivity contribution in [3.8, 4) is 0 Å². The summed E-state index contributed by atoms with van der Waals surface area (Å²) in [4.78, 5) is 36.2. The van der Waals surface area contributed by atoms with Crippen LogP contribution in [0.4, 0.5) is 5.69 Å². The number of anilines is 1. The fraction of sp³-hybridized carbons (Fsp3) is 0.211. The molecule has 0 spiro atoms. The third kappa shape index (κ3) is 3.85. The van der Waals surface area contributed by atoms with E-state index in [2.05, 4.69) is 10.6 Å². The van der Waals surface area contributed by atoms with Gasteiger partial charge in [-0.1, -0.05) is 6.07 Å². The number of amides is 2. The lowest BCUT2D eigenvalue weighted by molar-refractivity contribution is -0.115. The quantitative estimate of drug-likeness (QED) is 0.661. The van der Waals surface area contributed by atoms with E-state index in [4.69, 9.17) is 4.74 Å². The van der Waals surface area contributed by atoms with Crippen molar-refractivity contribution in [3.05, 3.63) is 52.5 Å². The average Bonchev–Trinajstić information content (AvgIpc) is 3.24. The summed E-state index contributed by atoms with van der Waals surface area (Å²) in [6, 6.07) is 8.70. The number of benzene rings is 1. The normalized spacial score (nSPS) is 10.6. The van der Waals surface area contributed by atoms with Gasteiger partial charge in [0.2, 0.25) is 5.91 Å². The van der Waals surface area contributed by atoms with E-state index < -0.39 is 5.97 Å². The molecule has 140 valence electrons. The molecule has 0 atom stereocenters. The highest BCUT2D eigenvalue weighted by atomic mass is 32.1. The second-order valence-corrected chi connectivity index (χ2v) is 6.96. The molecule has 2 N–H and O–H groups in total. The Hall–Kier alpha value is -3.13. The van der Waals surface area contributed by atoms with Crippen LogP contribution in [0.25, 0.3) is 10.2 Å². The van der Waals surface area contributed by atoms with Gasteiger partial charge in [0.05, 0.1) is 29.4 Å². The molecular weight excluding hydrogens is 366 g/mol. The number of nitrogens with one attached hydrogen (secondary N) is 2. The van der Waals surface area contributed by atoms with Crippen molar-refractivity contribution in [2.75, 3.05) is 19.0 Å². The van der Waals surface area contributed by atoms with E-state index in [1.807, 2.05) is 18.5 Å². The zero-order valence-electron chi connectivity index (χ0n) is 15.2. The number of thiophene rings is 1. The fourth-order valence-electron chi connectivity index (χ4n) is 2.75. The number of aryl methyl sites for hydroxylation is 2. The van der Waals surface area contributed by atoms with Gasteiger partial charge in [-0.15, -0.1) is 11.3 Å². The lowest BCUT2D eigenvalue weighted by Gasteiger charge is -2.10. The summed E-state index contributed by atoms with van der Waals surface area (Å²) in [5.74, 6) is -1.19. The molecule has 3 rings (SSSR count). The van der Waals surface area contributed by atoms with Gasteiger partial charge in [0.1, 0.15) is 5.69 Å². The third-order valence-corrected chi connectivity index (χ3v) is 5.09. The van der Waals surface area contributed by atoms with Crippen LogP contribution in [0.1, 0.15) is 26.4 Å². The van der Waals surface area contributed by atoms with Gasteiger partial charge < -0.3 is 19.9 Å². The highest BCUT2D eigenvalue weighted by Gasteiger charge is 2.15. The van der Waals surface area contributed by atoms with E-state index in [9.17, 15) is 14.4 Å². The second kappa shape index (κ2) is 7.63. The largest absolute Gasteiger partial charge is 0.465 e. The Bertz CT molecular complexity index is 1030. The van der Waals surface area contributed by atoms with Gasteiger partial charge in [-0.25, -0.2) is 4.79 Å². The Morgan fingerprint density at radius 3 is 2.67 bits per heavy atom. The van der Waals surface area contributed by atoms with Crippen LogP contribution >= 0.6 is 11.3 Å². The van der Waals surface area contributed by atoms with Crippen molar-refractivity contribution in [3.63, 3.8) is 0 Å². The summed E-state index contributed by atoms with van der Waals surface area (Å²) >= 11 is 1.55. The third-order valence-electron chi connectivity index (χ3n) is 4.23. The van der Waals surface area contributed by atoms with E-state index >= 15 is 0 Å². The molecule has 7 nitrogen and oxygen atoms in total. The predicted molar refractivity (Wildman–Crippen MR) is 104 cm³/mol. The van der Waals surface area contributed by atoms with Crippen molar-refractivity contribution < 1.29 is 19.1 Å². The Balaban J connectivity index is 1.63. The number of rotatable bonds is 5. The fourth-order valence-corrected chi connectivity index (χ4v) is 3.60. The maximum absolute atomic E-state index is 12.3. The van der Waals surface area contributed by atoms with Crippen LogP contribution in [0.2, 0.25) is 0 Å². The second-order valence-electron chi connectivity index (χ2n) is 6.01. The van der Waals surface area contributed by atoms with Gasteiger partial charge in [-0.05, 0) is 42.1 Å². The summed E-state index contributed by atoms with van der Waals surface area (Å²) in [5.41, 5.74) is 3.05. The molecule has 0 fully saturated rings. The minimum Gasteiger partial charge on any atom is -0.465 e. The highest BCUT2D eigenvalue weighted by molar-refractivity contribution is 7.17. The molecule has 0 unspecified atom stereocenters. The molecule has 2 aromatic heterocycles. The van der Waals surface area contributed by atoms with Gasteiger partial charge in [-0.3, -0.25) is 9.59 Å². The first-order valence-corrected chi connectivity index (χ1v) is 9.08. The van der Waals surface area contributed by atoms with Gasteiger partial charge in [0, 0.05) is 12.7 Å². The van der Waals surface area contributed by atoms with Gasteiger partial charge in [0.15, 0.2) is 0 Å². The Kier molecular flexibility index (Phi) is 5.27. The first-order chi connectivity index (χ1) is 12.9. The lowest BCUT2D eigenvalue weighted by atomic mass is 10.1. The predicted octanol–water partition coefficient (Wildman–Crippen LogP) is 2.70. The number of esters is 1. The minimum absolute atomic E-state index is 0.181. The molecule has 0 radical (unpaired) electrons. The average molecular weight is 385 g/mol. The summed E-state index contributed by atoms with van der Waals surface area (Å²) in [6.07, 6.45) is 0. The molecule has 8 heteroatoms. The summed E-state index contributed by atoms with van der Waals surface area (Å²) in [7, 11) is 3.11. The first kappa shape index (κ1) is 18.7. The number of hydrogen-bond donors (Lipinski definition) is 2. The van der Waals surface area contributed by atoms with Crippen molar-refractivity contribution in [2.45, 2.75) is 6.92 Å². The highest BCUT2D eigenvalue weighted by Crippen LogP contribution is 2.24. The van der Waals surface area contributed by atoms with E-state index in [0.29, 0.717) is 16.9 Å².